The second-order valence-corrected chi connectivity index (χ2v) is 9.74. The number of hydrogen-bond donors (Lipinski definition) is 3. The maximum absolute atomic E-state index is 9.87. The Balaban J connectivity index is 3.18. The van der Waals surface area contributed by atoms with Crippen molar-refractivity contribution in [2.24, 2.45) is 5.73 Å². The van der Waals surface area contributed by atoms with Crippen LogP contribution in [0.4, 0.5) is 0 Å². The van der Waals surface area contributed by atoms with Gasteiger partial charge in [-0.05, 0) is 6.42 Å². The highest BCUT2D eigenvalue weighted by Gasteiger charge is 2.29. The van der Waals surface area contributed by atoms with Gasteiger partial charge >= 0.3 is 0 Å². The van der Waals surface area contributed by atoms with Gasteiger partial charge in [-0.25, -0.2) is 0 Å². The minimum absolute atomic E-state index is 0.368. The van der Waals surface area contributed by atoms with Gasteiger partial charge in [0.1, 0.15) is 0 Å². The third kappa shape index (κ3) is 19.8. The Morgan fingerprint density at radius 3 is 1.10 bits per heavy atom. The van der Waals surface area contributed by atoms with Gasteiger partial charge in [0.05, 0.1) is 6.04 Å². The molecule has 0 aromatic heterocycles. The van der Waals surface area contributed by atoms with Crippen LogP contribution in [0.15, 0.2) is 0 Å². The second kappa shape index (κ2) is 22.1. The Kier molecular flexibility index (Phi) is 22.0. The van der Waals surface area contributed by atoms with Crippen molar-refractivity contribution in [1.29, 1.82) is 0 Å². The van der Waals surface area contributed by atoms with Crippen molar-refractivity contribution in [3.63, 3.8) is 0 Å². The lowest BCUT2D eigenvalue weighted by Crippen LogP contribution is -2.47. The smallest absolute Gasteiger partial charge is 0.178 e. The maximum Gasteiger partial charge on any atom is 0.178 e. The highest BCUT2D eigenvalue weighted by molar-refractivity contribution is 4.78. The molecule has 0 aromatic carbocycles. The number of rotatable bonds is 24. The largest absolute Gasteiger partial charge is 0.364 e. The van der Waals surface area contributed by atoms with E-state index in [9.17, 15) is 10.2 Å². The molecule has 0 amide bonds. The first kappa shape index (κ1) is 29.9. The van der Waals surface area contributed by atoms with E-state index in [-0.39, 0.29) is 0 Å². The summed E-state index contributed by atoms with van der Waals surface area (Å²) >= 11 is 0. The van der Waals surface area contributed by atoms with Crippen LogP contribution in [-0.4, -0.2) is 22.0 Å². The summed E-state index contributed by atoms with van der Waals surface area (Å²) in [7, 11) is 0. The van der Waals surface area contributed by atoms with E-state index in [4.69, 9.17) is 5.73 Å². The van der Waals surface area contributed by atoms with E-state index >= 15 is 0 Å². The number of nitrogens with two attached hydrogens (primary N) is 1. The van der Waals surface area contributed by atoms with Crippen LogP contribution in [0.25, 0.3) is 0 Å². The molecule has 0 aliphatic carbocycles. The molecule has 0 aliphatic heterocycles. The summed E-state index contributed by atoms with van der Waals surface area (Å²) in [6.45, 7) is 4.24. The van der Waals surface area contributed by atoms with Crippen LogP contribution in [0.5, 0.6) is 0 Å². The van der Waals surface area contributed by atoms with Crippen molar-refractivity contribution in [2.45, 2.75) is 173 Å². The molecule has 1 atom stereocenters. The summed E-state index contributed by atoms with van der Waals surface area (Å²) in [5.41, 5.74) is 5.92. The predicted octanol–water partition coefficient (Wildman–Crippen LogP) is 8.01. The van der Waals surface area contributed by atoms with E-state index < -0.39 is 11.8 Å². The first-order valence-electron chi connectivity index (χ1n) is 13.7. The Bertz CT molecular complexity index is 333. The van der Waals surface area contributed by atoms with Crippen molar-refractivity contribution in [2.75, 3.05) is 0 Å². The van der Waals surface area contributed by atoms with Gasteiger partial charge in [0.15, 0.2) is 5.79 Å². The minimum atomic E-state index is -1.68. The first-order chi connectivity index (χ1) is 14.5. The number of hydrogen-bond acceptors (Lipinski definition) is 3. The van der Waals surface area contributed by atoms with Crippen molar-refractivity contribution in [3.05, 3.63) is 0 Å². The minimum Gasteiger partial charge on any atom is -0.364 e. The molecule has 0 heterocycles. The van der Waals surface area contributed by atoms with Gasteiger partial charge in [-0.2, -0.15) is 0 Å². The first-order valence-corrected chi connectivity index (χ1v) is 13.7. The zero-order valence-electron chi connectivity index (χ0n) is 20.8. The molecule has 0 rings (SSSR count). The predicted molar refractivity (Wildman–Crippen MR) is 133 cm³/mol. The van der Waals surface area contributed by atoms with Crippen molar-refractivity contribution in [1.82, 2.24) is 0 Å². The van der Waals surface area contributed by atoms with Gasteiger partial charge < -0.3 is 15.9 Å². The summed E-state index contributed by atoms with van der Waals surface area (Å²) < 4.78 is 0. The summed E-state index contributed by atoms with van der Waals surface area (Å²) in [5.74, 6) is -1.68. The highest BCUT2D eigenvalue weighted by Crippen LogP contribution is 2.19. The van der Waals surface area contributed by atoms with Crippen LogP contribution in [0.1, 0.15) is 162 Å². The summed E-state index contributed by atoms with van der Waals surface area (Å²) in [6.07, 6.45) is 29.4. The number of unbranched alkanes of at least 4 members (excludes halogenated alkanes) is 19. The van der Waals surface area contributed by atoms with Crippen LogP contribution in [0.3, 0.4) is 0 Å². The van der Waals surface area contributed by atoms with Gasteiger partial charge in [-0.1, -0.05) is 149 Å². The quantitative estimate of drug-likeness (QED) is 0.108. The molecule has 1 unspecified atom stereocenters. The average Bonchev–Trinajstić information content (AvgIpc) is 2.72. The molecule has 0 aromatic rings. The van der Waals surface area contributed by atoms with Crippen molar-refractivity contribution < 1.29 is 10.2 Å². The zero-order chi connectivity index (χ0) is 22.3. The van der Waals surface area contributed by atoms with Gasteiger partial charge in [0.25, 0.3) is 0 Å². The third-order valence-corrected chi connectivity index (χ3v) is 6.58. The monoisotopic (exact) mass is 427 g/mol. The molecule has 0 fully saturated rings. The van der Waals surface area contributed by atoms with Crippen molar-refractivity contribution >= 4 is 0 Å². The molecule has 3 heteroatoms. The molecule has 0 aliphatic rings. The van der Waals surface area contributed by atoms with Crippen LogP contribution >= 0.6 is 0 Å². The van der Waals surface area contributed by atoms with E-state index in [0.717, 1.165) is 19.3 Å². The van der Waals surface area contributed by atoms with Crippen LogP contribution in [-0.2, 0) is 0 Å². The second-order valence-electron chi connectivity index (χ2n) is 9.74. The van der Waals surface area contributed by atoms with E-state index in [0.29, 0.717) is 12.8 Å². The fourth-order valence-electron chi connectivity index (χ4n) is 4.40. The molecule has 4 N–H and O–H groups in total. The Morgan fingerprint density at radius 2 is 0.800 bits per heavy atom. The summed E-state index contributed by atoms with van der Waals surface area (Å²) in [4.78, 5) is 0. The third-order valence-electron chi connectivity index (χ3n) is 6.58. The molecule has 3 nitrogen and oxygen atoms in total. The van der Waals surface area contributed by atoms with Gasteiger partial charge in [0, 0.05) is 6.42 Å². The van der Waals surface area contributed by atoms with Crippen molar-refractivity contribution in [3.8, 4) is 0 Å². The molecule has 0 saturated heterocycles. The Labute approximate surface area is 189 Å². The molecule has 0 radical (unpaired) electrons. The lowest BCUT2D eigenvalue weighted by Gasteiger charge is -2.28. The number of aliphatic hydroxyl groups is 2. The normalized spacial score (nSPS) is 13.1. The Morgan fingerprint density at radius 1 is 0.500 bits per heavy atom. The fourth-order valence-corrected chi connectivity index (χ4v) is 4.40. The molecule has 182 valence electrons. The highest BCUT2D eigenvalue weighted by atomic mass is 16.5. The molecule has 0 bridgehead atoms. The molecular formula is C27H57NO2. The fraction of sp³-hybridized carbons (Fsp3) is 1.00. The van der Waals surface area contributed by atoms with E-state index in [1.54, 1.807) is 0 Å². The summed E-state index contributed by atoms with van der Waals surface area (Å²) in [6, 6.07) is -0.506. The molecular weight excluding hydrogens is 370 g/mol. The van der Waals surface area contributed by atoms with E-state index in [1.165, 1.54) is 116 Å². The van der Waals surface area contributed by atoms with Gasteiger partial charge in [-0.3, -0.25) is 0 Å². The van der Waals surface area contributed by atoms with E-state index in [2.05, 4.69) is 6.92 Å². The summed E-state index contributed by atoms with van der Waals surface area (Å²) in [5, 5.41) is 19.7. The van der Waals surface area contributed by atoms with Crippen LogP contribution in [0, 0.1) is 0 Å². The lowest BCUT2D eigenvalue weighted by atomic mass is 9.96. The average molecular weight is 428 g/mol. The van der Waals surface area contributed by atoms with Gasteiger partial charge in [0.2, 0.25) is 0 Å². The lowest BCUT2D eigenvalue weighted by molar-refractivity contribution is -0.182. The molecule has 30 heavy (non-hydrogen) atoms. The molecule has 0 spiro atoms. The standard InChI is InChI=1S/C27H57NO2/c1-3-5-6-7-8-9-10-11-12-13-14-15-16-17-18-19-20-21-22-23-24-26(28)27(29,30)25-4-2/h26,29-30H,3-25,28H2,1-2H3. The maximum atomic E-state index is 9.87. The Hall–Kier alpha value is -0.120. The topological polar surface area (TPSA) is 66.5 Å². The SMILES string of the molecule is CCCCCCCCCCCCCCCCCCCCCCC(N)C(O)(O)CCC. The zero-order valence-corrected chi connectivity index (χ0v) is 20.8. The van der Waals surface area contributed by atoms with E-state index in [1.807, 2.05) is 6.92 Å². The molecule has 0 saturated carbocycles. The van der Waals surface area contributed by atoms with Gasteiger partial charge in [-0.15, -0.1) is 0 Å². The van der Waals surface area contributed by atoms with Crippen LogP contribution in [0.2, 0.25) is 0 Å². The van der Waals surface area contributed by atoms with Crippen LogP contribution < -0.4 is 5.73 Å².